The zero-order chi connectivity index (χ0) is 18.4. The van der Waals surface area contributed by atoms with Crippen LogP contribution in [0.1, 0.15) is 23.0 Å². The van der Waals surface area contributed by atoms with Gasteiger partial charge in [-0.05, 0) is 43.3 Å². The van der Waals surface area contributed by atoms with Crippen LogP contribution in [-0.2, 0) is 11.3 Å². The van der Waals surface area contributed by atoms with Gasteiger partial charge in [0, 0.05) is 23.4 Å². The predicted molar refractivity (Wildman–Crippen MR) is 99.2 cm³/mol. The summed E-state index contributed by atoms with van der Waals surface area (Å²) in [6, 6.07) is 10.7. The van der Waals surface area contributed by atoms with E-state index in [9.17, 15) is 4.79 Å². The Bertz CT molecular complexity index is 886. The van der Waals surface area contributed by atoms with Crippen LogP contribution in [-0.4, -0.2) is 27.1 Å². The first-order chi connectivity index (χ1) is 12.7. The maximum atomic E-state index is 12.4. The number of hydrogen-bond donors (Lipinski definition) is 1. The van der Waals surface area contributed by atoms with E-state index in [0.29, 0.717) is 28.0 Å². The van der Waals surface area contributed by atoms with Crippen LogP contribution in [0.2, 0.25) is 4.34 Å². The molecule has 0 unspecified atom stereocenters. The average molecular weight is 391 g/mol. The van der Waals surface area contributed by atoms with E-state index in [2.05, 4.69) is 19.9 Å². The highest BCUT2D eigenvalue weighted by Gasteiger charge is 2.16. The lowest BCUT2D eigenvalue weighted by molar-refractivity contribution is 0.0468. The number of rotatable bonds is 7. The van der Waals surface area contributed by atoms with E-state index in [0.717, 1.165) is 23.0 Å². The number of esters is 1. The Balaban J connectivity index is 1.71. The minimum Gasteiger partial charge on any atom is -0.494 e. The van der Waals surface area contributed by atoms with Crippen molar-refractivity contribution in [3.8, 4) is 5.75 Å². The molecule has 0 atom stereocenters. The molecule has 134 valence electrons. The number of pyridine rings is 1. The van der Waals surface area contributed by atoms with Gasteiger partial charge in [-0.15, -0.1) is 5.10 Å². The number of nitrogens with zero attached hydrogens (tertiary/aromatic N) is 3. The molecule has 1 aromatic carbocycles. The maximum absolute atomic E-state index is 12.4. The second-order valence-corrected chi connectivity index (χ2v) is 6.41. The van der Waals surface area contributed by atoms with Crippen molar-refractivity contribution in [3.63, 3.8) is 0 Å². The molecule has 0 aliphatic carbocycles. The Morgan fingerprint density at radius 3 is 2.77 bits per heavy atom. The molecule has 0 radical (unpaired) electrons. The fraction of sp³-hybridized carbons (Fsp3) is 0.176. The lowest BCUT2D eigenvalue weighted by Crippen LogP contribution is -2.09. The molecule has 1 N–H and O–H groups in total. The van der Waals surface area contributed by atoms with Gasteiger partial charge in [0.1, 0.15) is 33.8 Å². The molecule has 0 aliphatic heterocycles. The molecule has 3 rings (SSSR count). The highest BCUT2D eigenvalue weighted by Crippen LogP contribution is 2.23. The standard InChI is InChI=1S/C17H15ClN4O3S/c1-2-24-12-7-5-11(6-8-12)20-16-13(4-3-9-19-16)17(23)25-10-14-15(18)26-22-21-14/h3-9H,2,10H2,1H3,(H,19,20). The summed E-state index contributed by atoms with van der Waals surface area (Å²) in [6.07, 6.45) is 1.59. The molecule has 0 fully saturated rings. The Morgan fingerprint density at radius 1 is 1.27 bits per heavy atom. The van der Waals surface area contributed by atoms with Crippen molar-refractivity contribution in [2.24, 2.45) is 0 Å². The van der Waals surface area contributed by atoms with E-state index >= 15 is 0 Å². The van der Waals surface area contributed by atoms with Crippen molar-refractivity contribution >= 4 is 40.6 Å². The fourth-order valence-electron chi connectivity index (χ4n) is 2.10. The number of ether oxygens (including phenoxy) is 2. The molecule has 2 heterocycles. The molecular formula is C17H15ClN4O3S. The van der Waals surface area contributed by atoms with Crippen molar-refractivity contribution in [1.29, 1.82) is 0 Å². The first-order valence-electron chi connectivity index (χ1n) is 7.76. The summed E-state index contributed by atoms with van der Waals surface area (Å²) in [6.45, 7) is 2.47. The van der Waals surface area contributed by atoms with E-state index < -0.39 is 5.97 Å². The second kappa shape index (κ2) is 8.59. The molecular weight excluding hydrogens is 376 g/mol. The molecule has 2 aromatic heterocycles. The monoisotopic (exact) mass is 390 g/mol. The van der Waals surface area contributed by atoms with Crippen molar-refractivity contribution < 1.29 is 14.3 Å². The molecule has 7 nitrogen and oxygen atoms in total. The van der Waals surface area contributed by atoms with Gasteiger partial charge in [-0.25, -0.2) is 9.78 Å². The summed E-state index contributed by atoms with van der Waals surface area (Å²) < 4.78 is 14.8. The first-order valence-corrected chi connectivity index (χ1v) is 8.91. The molecule has 3 aromatic rings. The third-order valence-corrected chi connectivity index (χ3v) is 4.29. The normalized spacial score (nSPS) is 10.4. The summed E-state index contributed by atoms with van der Waals surface area (Å²) in [7, 11) is 0. The Kier molecular flexibility index (Phi) is 5.98. The third-order valence-electron chi connectivity index (χ3n) is 3.31. The van der Waals surface area contributed by atoms with Crippen molar-refractivity contribution in [2.45, 2.75) is 13.5 Å². The highest BCUT2D eigenvalue weighted by atomic mass is 35.5. The quantitative estimate of drug-likeness (QED) is 0.608. The fourth-order valence-corrected chi connectivity index (χ4v) is 2.70. The number of halogens is 1. The van der Waals surface area contributed by atoms with Crippen LogP contribution in [0.25, 0.3) is 0 Å². The lowest BCUT2D eigenvalue weighted by atomic mass is 10.2. The Morgan fingerprint density at radius 2 is 2.08 bits per heavy atom. The predicted octanol–water partition coefficient (Wildman–Crippen LogP) is 4.09. The van der Waals surface area contributed by atoms with Gasteiger partial charge in [-0.2, -0.15) is 0 Å². The van der Waals surface area contributed by atoms with Crippen LogP contribution in [0.3, 0.4) is 0 Å². The van der Waals surface area contributed by atoms with Gasteiger partial charge in [0.15, 0.2) is 0 Å². The first kappa shape index (κ1) is 18.1. The number of aromatic nitrogens is 3. The molecule has 26 heavy (non-hydrogen) atoms. The average Bonchev–Trinajstić information content (AvgIpc) is 3.07. The zero-order valence-corrected chi connectivity index (χ0v) is 15.4. The minimum atomic E-state index is -0.532. The summed E-state index contributed by atoms with van der Waals surface area (Å²) in [5.41, 5.74) is 1.50. The number of benzene rings is 1. The smallest absolute Gasteiger partial charge is 0.342 e. The van der Waals surface area contributed by atoms with E-state index in [4.69, 9.17) is 21.1 Å². The minimum absolute atomic E-state index is 0.0500. The molecule has 0 amide bonds. The maximum Gasteiger partial charge on any atom is 0.342 e. The molecule has 0 saturated carbocycles. The van der Waals surface area contributed by atoms with Gasteiger partial charge in [0.25, 0.3) is 0 Å². The number of anilines is 2. The Hall–Kier alpha value is -2.71. The van der Waals surface area contributed by atoms with E-state index in [1.54, 1.807) is 18.3 Å². The highest BCUT2D eigenvalue weighted by molar-refractivity contribution is 7.10. The van der Waals surface area contributed by atoms with Crippen LogP contribution < -0.4 is 10.1 Å². The van der Waals surface area contributed by atoms with Gasteiger partial charge in [-0.3, -0.25) is 0 Å². The van der Waals surface area contributed by atoms with Gasteiger partial charge in [-0.1, -0.05) is 16.1 Å². The molecule has 9 heteroatoms. The lowest BCUT2D eigenvalue weighted by Gasteiger charge is -2.11. The van der Waals surface area contributed by atoms with Crippen LogP contribution in [0, 0.1) is 0 Å². The summed E-state index contributed by atoms with van der Waals surface area (Å²) in [4.78, 5) is 16.6. The van der Waals surface area contributed by atoms with Crippen molar-refractivity contribution in [3.05, 3.63) is 58.2 Å². The summed E-state index contributed by atoms with van der Waals surface area (Å²) in [5, 5.41) is 6.92. The molecule has 0 aliphatic rings. The van der Waals surface area contributed by atoms with Crippen LogP contribution in [0.5, 0.6) is 5.75 Å². The van der Waals surface area contributed by atoms with Crippen molar-refractivity contribution in [1.82, 2.24) is 14.6 Å². The van der Waals surface area contributed by atoms with Gasteiger partial charge in [0.05, 0.1) is 6.61 Å². The van der Waals surface area contributed by atoms with Gasteiger partial charge >= 0.3 is 5.97 Å². The van der Waals surface area contributed by atoms with E-state index in [-0.39, 0.29) is 6.61 Å². The summed E-state index contributed by atoms with van der Waals surface area (Å²) in [5.74, 6) is 0.632. The van der Waals surface area contributed by atoms with Crippen molar-refractivity contribution in [2.75, 3.05) is 11.9 Å². The van der Waals surface area contributed by atoms with Gasteiger partial charge in [0.2, 0.25) is 0 Å². The van der Waals surface area contributed by atoms with Crippen LogP contribution in [0.4, 0.5) is 11.5 Å². The molecule has 0 spiro atoms. The molecule has 0 bridgehead atoms. The topological polar surface area (TPSA) is 86.2 Å². The SMILES string of the molecule is CCOc1ccc(Nc2ncccc2C(=O)OCc2nnsc2Cl)cc1. The van der Waals surface area contributed by atoms with E-state index in [1.807, 2.05) is 31.2 Å². The Labute approximate surface area is 159 Å². The zero-order valence-electron chi connectivity index (χ0n) is 13.8. The third kappa shape index (κ3) is 4.47. The van der Waals surface area contributed by atoms with E-state index in [1.165, 1.54) is 0 Å². The number of carbonyl (C=O) groups is 1. The van der Waals surface area contributed by atoms with Crippen LogP contribution >= 0.6 is 23.1 Å². The van der Waals surface area contributed by atoms with Gasteiger partial charge < -0.3 is 14.8 Å². The molecule has 0 saturated heterocycles. The summed E-state index contributed by atoms with van der Waals surface area (Å²) >= 11 is 6.95. The largest absolute Gasteiger partial charge is 0.494 e. The van der Waals surface area contributed by atoms with Crippen LogP contribution in [0.15, 0.2) is 42.6 Å². The second-order valence-electron chi connectivity index (χ2n) is 5.05. The number of nitrogens with one attached hydrogen (secondary N) is 1. The number of hydrogen-bond acceptors (Lipinski definition) is 8. The number of carbonyl (C=O) groups excluding carboxylic acids is 1.